The molecule has 0 saturated carbocycles. The van der Waals surface area contributed by atoms with Crippen molar-refractivity contribution in [1.82, 2.24) is 15.2 Å². The van der Waals surface area contributed by atoms with E-state index in [0.29, 0.717) is 25.2 Å². The van der Waals surface area contributed by atoms with Crippen LogP contribution in [-0.2, 0) is 4.79 Å². The van der Waals surface area contributed by atoms with E-state index < -0.39 is 5.54 Å². The Hall–Kier alpha value is -1.78. The minimum atomic E-state index is -0.741. The van der Waals surface area contributed by atoms with E-state index in [0.717, 1.165) is 6.42 Å². The predicted octanol–water partition coefficient (Wildman–Crippen LogP) is 1.15. The summed E-state index contributed by atoms with van der Waals surface area (Å²) in [5, 5.41) is 2.84. The van der Waals surface area contributed by atoms with Crippen LogP contribution in [0.5, 0.6) is 0 Å². The molecule has 0 spiro atoms. The number of amides is 2. The number of nitrogens with zero attached hydrogens (tertiary/aromatic N) is 1. The molecule has 5 heteroatoms. The second-order valence-electron chi connectivity index (χ2n) is 4.82. The Morgan fingerprint density at radius 2 is 2.33 bits per heavy atom. The number of rotatable bonds is 3. The highest BCUT2D eigenvalue weighted by Crippen LogP contribution is 2.25. The predicted molar refractivity (Wildman–Crippen MR) is 68.2 cm³/mol. The maximum Gasteiger partial charge on any atom is 0.271 e. The summed E-state index contributed by atoms with van der Waals surface area (Å²) < 4.78 is 0. The van der Waals surface area contributed by atoms with Gasteiger partial charge in [0.05, 0.1) is 0 Å². The highest BCUT2D eigenvalue weighted by Gasteiger charge is 2.44. The molecule has 1 aromatic heterocycles. The van der Waals surface area contributed by atoms with Gasteiger partial charge in [-0.15, -0.1) is 0 Å². The summed E-state index contributed by atoms with van der Waals surface area (Å²) in [6.07, 6.45) is 3.25. The van der Waals surface area contributed by atoms with Crippen molar-refractivity contribution in [2.75, 3.05) is 13.1 Å². The summed E-state index contributed by atoms with van der Waals surface area (Å²) in [7, 11) is 0. The van der Waals surface area contributed by atoms with E-state index in [2.05, 4.69) is 10.3 Å². The van der Waals surface area contributed by atoms with E-state index in [1.807, 2.05) is 13.8 Å². The lowest BCUT2D eigenvalue weighted by atomic mass is 9.90. The average molecular weight is 249 g/mol. The minimum absolute atomic E-state index is 0.0597. The van der Waals surface area contributed by atoms with Crippen LogP contribution >= 0.6 is 0 Å². The van der Waals surface area contributed by atoms with Crippen LogP contribution in [0.25, 0.3) is 0 Å². The molecule has 1 fully saturated rings. The summed E-state index contributed by atoms with van der Waals surface area (Å²) in [4.78, 5) is 29.1. The summed E-state index contributed by atoms with van der Waals surface area (Å²) in [5.74, 6) is -0.165. The molecule has 2 heterocycles. The molecule has 18 heavy (non-hydrogen) atoms. The lowest BCUT2D eigenvalue weighted by Gasteiger charge is -2.43. The first-order valence-electron chi connectivity index (χ1n) is 6.33. The molecule has 0 aromatic carbocycles. The molecular weight excluding hydrogens is 230 g/mol. The summed E-state index contributed by atoms with van der Waals surface area (Å²) >= 11 is 0. The fourth-order valence-electron chi connectivity index (χ4n) is 2.51. The van der Waals surface area contributed by atoms with Crippen molar-refractivity contribution in [3.05, 3.63) is 24.0 Å². The Morgan fingerprint density at radius 3 is 2.94 bits per heavy atom. The third kappa shape index (κ3) is 2.00. The van der Waals surface area contributed by atoms with Crippen molar-refractivity contribution >= 4 is 11.8 Å². The van der Waals surface area contributed by atoms with Gasteiger partial charge < -0.3 is 15.2 Å². The maximum atomic E-state index is 12.4. The zero-order chi connectivity index (χ0) is 13.2. The third-order valence-electron chi connectivity index (χ3n) is 3.52. The highest BCUT2D eigenvalue weighted by molar-refractivity contribution is 5.98. The molecule has 0 bridgehead atoms. The van der Waals surface area contributed by atoms with Crippen LogP contribution in [0.1, 0.15) is 37.2 Å². The molecule has 1 aromatic rings. The molecule has 0 unspecified atom stereocenters. The Balaban J connectivity index is 2.29. The van der Waals surface area contributed by atoms with Gasteiger partial charge in [-0.1, -0.05) is 13.3 Å². The van der Waals surface area contributed by atoms with Gasteiger partial charge in [-0.3, -0.25) is 9.59 Å². The first-order chi connectivity index (χ1) is 8.59. The van der Waals surface area contributed by atoms with Gasteiger partial charge in [-0.25, -0.2) is 0 Å². The zero-order valence-electron chi connectivity index (χ0n) is 10.8. The van der Waals surface area contributed by atoms with Crippen LogP contribution in [0.3, 0.4) is 0 Å². The van der Waals surface area contributed by atoms with Crippen molar-refractivity contribution in [1.29, 1.82) is 0 Å². The van der Waals surface area contributed by atoms with Gasteiger partial charge in [-0.2, -0.15) is 0 Å². The van der Waals surface area contributed by atoms with E-state index in [-0.39, 0.29) is 11.8 Å². The fraction of sp³-hybridized carbons (Fsp3) is 0.538. The maximum absolute atomic E-state index is 12.4. The SMILES string of the molecule is CCC[C@@]1(C)C(=O)NCCN1C(=O)c1ccc[nH]1. The molecule has 2 N–H and O–H groups in total. The summed E-state index contributed by atoms with van der Waals surface area (Å²) in [5.41, 5.74) is -0.207. The van der Waals surface area contributed by atoms with Gasteiger partial charge in [0.25, 0.3) is 5.91 Å². The number of nitrogens with one attached hydrogen (secondary N) is 2. The second-order valence-corrected chi connectivity index (χ2v) is 4.82. The Morgan fingerprint density at radius 1 is 1.56 bits per heavy atom. The molecule has 0 radical (unpaired) electrons. The molecule has 2 amide bonds. The minimum Gasteiger partial charge on any atom is -0.357 e. The molecule has 1 aliphatic heterocycles. The smallest absolute Gasteiger partial charge is 0.271 e. The number of carbonyl (C=O) groups is 2. The number of aromatic amines is 1. The van der Waals surface area contributed by atoms with Crippen molar-refractivity contribution in [2.24, 2.45) is 0 Å². The van der Waals surface area contributed by atoms with E-state index in [1.54, 1.807) is 23.2 Å². The number of aromatic nitrogens is 1. The van der Waals surface area contributed by atoms with Crippen molar-refractivity contribution in [3.63, 3.8) is 0 Å². The lowest BCUT2D eigenvalue weighted by Crippen LogP contribution is -2.64. The van der Waals surface area contributed by atoms with Crippen LogP contribution in [-0.4, -0.2) is 40.3 Å². The number of hydrogen-bond donors (Lipinski definition) is 2. The zero-order valence-corrected chi connectivity index (χ0v) is 10.8. The van der Waals surface area contributed by atoms with Crippen LogP contribution < -0.4 is 5.32 Å². The molecular formula is C13H19N3O2. The largest absolute Gasteiger partial charge is 0.357 e. The van der Waals surface area contributed by atoms with Gasteiger partial charge in [0.2, 0.25) is 5.91 Å². The molecule has 2 rings (SSSR count). The molecule has 1 atom stereocenters. The first-order valence-corrected chi connectivity index (χ1v) is 6.33. The Labute approximate surface area is 107 Å². The lowest BCUT2D eigenvalue weighted by molar-refractivity contribution is -0.134. The number of carbonyl (C=O) groups excluding carboxylic acids is 2. The number of piperazine rings is 1. The Kier molecular flexibility index (Phi) is 3.41. The summed E-state index contributed by atoms with van der Waals surface area (Å²) in [6.45, 7) is 4.93. The average Bonchev–Trinajstić information content (AvgIpc) is 2.86. The third-order valence-corrected chi connectivity index (χ3v) is 3.52. The van der Waals surface area contributed by atoms with Crippen molar-refractivity contribution < 1.29 is 9.59 Å². The second kappa shape index (κ2) is 4.84. The van der Waals surface area contributed by atoms with Crippen molar-refractivity contribution in [3.8, 4) is 0 Å². The molecule has 5 nitrogen and oxygen atoms in total. The molecule has 98 valence electrons. The monoisotopic (exact) mass is 249 g/mol. The molecule has 1 aliphatic rings. The quantitative estimate of drug-likeness (QED) is 0.843. The van der Waals surface area contributed by atoms with Crippen LogP contribution in [0.4, 0.5) is 0 Å². The van der Waals surface area contributed by atoms with E-state index in [4.69, 9.17) is 0 Å². The van der Waals surface area contributed by atoms with Gasteiger partial charge in [0.1, 0.15) is 11.2 Å². The van der Waals surface area contributed by atoms with Crippen LogP contribution in [0.15, 0.2) is 18.3 Å². The van der Waals surface area contributed by atoms with Gasteiger partial charge >= 0.3 is 0 Å². The van der Waals surface area contributed by atoms with E-state index in [9.17, 15) is 9.59 Å². The van der Waals surface area contributed by atoms with E-state index >= 15 is 0 Å². The van der Waals surface area contributed by atoms with Gasteiger partial charge in [0, 0.05) is 19.3 Å². The first kappa shape index (κ1) is 12.7. The molecule has 0 aliphatic carbocycles. The van der Waals surface area contributed by atoms with Gasteiger partial charge in [0.15, 0.2) is 0 Å². The molecule has 1 saturated heterocycles. The van der Waals surface area contributed by atoms with Crippen LogP contribution in [0, 0.1) is 0 Å². The normalized spacial score (nSPS) is 23.9. The standard InChI is InChI=1S/C13H19N3O2/c1-3-6-13(2)12(18)15-8-9-16(13)11(17)10-5-4-7-14-10/h4-5,7,14H,3,6,8-9H2,1-2H3,(H,15,18)/t13-/m0/s1. The summed E-state index contributed by atoms with van der Waals surface area (Å²) in [6, 6.07) is 3.52. The van der Waals surface area contributed by atoms with Gasteiger partial charge in [-0.05, 0) is 25.5 Å². The van der Waals surface area contributed by atoms with E-state index in [1.165, 1.54) is 0 Å². The fourth-order valence-corrected chi connectivity index (χ4v) is 2.51. The van der Waals surface area contributed by atoms with Crippen LogP contribution in [0.2, 0.25) is 0 Å². The Bertz CT molecular complexity index is 441. The highest BCUT2D eigenvalue weighted by atomic mass is 16.2. The number of hydrogen-bond acceptors (Lipinski definition) is 2. The van der Waals surface area contributed by atoms with Crippen molar-refractivity contribution in [2.45, 2.75) is 32.2 Å². The number of H-pyrrole nitrogens is 1. The topological polar surface area (TPSA) is 65.2 Å².